The zero-order valence-corrected chi connectivity index (χ0v) is 14.6. The third-order valence-corrected chi connectivity index (χ3v) is 3.92. The van der Waals surface area contributed by atoms with Crippen molar-refractivity contribution in [2.45, 2.75) is 26.5 Å². The predicted octanol–water partition coefficient (Wildman–Crippen LogP) is 5.46. The van der Waals surface area contributed by atoms with Crippen LogP contribution in [0.5, 0.6) is 11.5 Å². The normalized spacial score (nSPS) is 10.7. The van der Waals surface area contributed by atoms with Gasteiger partial charge in [-0.25, -0.2) is 0 Å². The van der Waals surface area contributed by atoms with E-state index in [4.69, 9.17) is 4.74 Å². The van der Waals surface area contributed by atoms with Crippen LogP contribution in [0.3, 0.4) is 0 Å². The molecule has 0 bridgehead atoms. The van der Waals surface area contributed by atoms with Gasteiger partial charge >= 0.3 is 0 Å². The molecule has 0 aliphatic heterocycles. The fourth-order valence-electron chi connectivity index (χ4n) is 2.64. The van der Waals surface area contributed by atoms with Gasteiger partial charge in [0.05, 0.1) is 6.10 Å². The van der Waals surface area contributed by atoms with E-state index in [-0.39, 0.29) is 6.10 Å². The van der Waals surface area contributed by atoms with Crippen molar-refractivity contribution in [2.24, 2.45) is 0 Å². The van der Waals surface area contributed by atoms with Crippen molar-refractivity contribution in [2.75, 3.05) is 5.32 Å². The van der Waals surface area contributed by atoms with E-state index in [1.165, 1.54) is 0 Å². The topological polar surface area (TPSA) is 41.5 Å². The molecule has 0 atom stereocenters. The van der Waals surface area contributed by atoms with E-state index in [1.54, 1.807) is 6.07 Å². The lowest BCUT2D eigenvalue weighted by molar-refractivity contribution is 0.242. The molecule has 2 N–H and O–H groups in total. The molecule has 0 saturated carbocycles. The van der Waals surface area contributed by atoms with Gasteiger partial charge in [-0.2, -0.15) is 0 Å². The highest BCUT2D eigenvalue weighted by molar-refractivity contribution is 5.66. The van der Waals surface area contributed by atoms with Crippen molar-refractivity contribution < 1.29 is 9.84 Å². The number of nitrogens with one attached hydrogen (secondary N) is 1. The molecule has 3 aromatic rings. The van der Waals surface area contributed by atoms with Gasteiger partial charge in [-0.3, -0.25) is 0 Å². The molecule has 0 aliphatic carbocycles. The Kier molecular flexibility index (Phi) is 5.24. The minimum absolute atomic E-state index is 0.181. The fourth-order valence-corrected chi connectivity index (χ4v) is 2.64. The summed E-state index contributed by atoms with van der Waals surface area (Å²) in [7, 11) is 0. The summed E-state index contributed by atoms with van der Waals surface area (Å²) in [4.78, 5) is 0. The van der Waals surface area contributed by atoms with Crippen LogP contribution in [0, 0.1) is 0 Å². The Labute approximate surface area is 148 Å². The SMILES string of the molecule is CC(C)Oc1ccc(-c2ccc(NCc3ccccc3O)cc2)cc1. The lowest BCUT2D eigenvalue weighted by Gasteiger charge is -2.11. The van der Waals surface area contributed by atoms with Crippen LogP contribution in [0.2, 0.25) is 0 Å². The van der Waals surface area contributed by atoms with Crippen LogP contribution < -0.4 is 10.1 Å². The van der Waals surface area contributed by atoms with Crippen LogP contribution in [0.4, 0.5) is 5.69 Å². The molecule has 0 aromatic heterocycles. The number of para-hydroxylation sites is 1. The number of anilines is 1. The maximum Gasteiger partial charge on any atom is 0.120 e. The van der Waals surface area contributed by atoms with Crippen molar-refractivity contribution in [3.63, 3.8) is 0 Å². The summed E-state index contributed by atoms with van der Waals surface area (Å²) in [5.74, 6) is 1.20. The molecule has 3 rings (SSSR count). The van der Waals surface area contributed by atoms with E-state index in [1.807, 2.05) is 56.3 Å². The Morgan fingerprint density at radius 2 is 1.44 bits per heavy atom. The highest BCUT2D eigenvalue weighted by atomic mass is 16.5. The minimum Gasteiger partial charge on any atom is -0.508 e. The van der Waals surface area contributed by atoms with Crippen molar-refractivity contribution in [3.8, 4) is 22.6 Å². The zero-order valence-electron chi connectivity index (χ0n) is 14.6. The van der Waals surface area contributed by atoms with E-state index in [2.05, 4.69) is 29.6 Å². The van der Waals surface area contributed by atoms with Gasteiger partial charge in [0.2, 0.25) is 0 Å². The summed E-state index contributed by atoms with van der Waals surface area (Å²) in [6.45, 7) is 4.64. The first-order chi connectivity index (χ1) is 12.1. The Balaban J connectivity index is 1.65. The maximum atomic E-state index is 9.81. The van der Waals surface area contributed by atoms with E-state index < -0.39 is 0 Å². The first kappa shape index (κ1) is 16.9. The summed E-state index contributed by atoms with van der Waals surface area (Å²) in [6, 6.07) is 23.8. The quantitative estimate of drug-likeness (QED) is 0.629. The zero-order chi connectivity index (χ0) is 17.6. The van der Waals surface area contributed by atoms with Crippen molar-refractivity contribution in [1.29, 1.82) is 0 Å². The number of rotatable bonds is 6. The molecule has 3 aromatic carbocycles. The lowest BCUT2D eigenvalue weighted by Crippen LogP contribution is -2.05. The summed E-state index contributed by atoms with van der Waals surface area (Å²) in [5, 5.41) is 13.1. The van der Waals surface area contributed by atoms with Crippen molar-refractivity contribution in [3.05, 3.63) is 78.4 Å². The Bertz CT molecular complexity index is 808. The van der Waals surface area contributed by atoms with Crippen LogP contribution in [-0.4, -0.2) is 11.2 Å². The van der Waals surface area contributed by atoms with Gasteiger partial charge in [0.1, 0.15) is 11.5 Å². The number of aromatic hydroxyl groups is 1. The largest absolute Gasteiger partial charge is 0.508 e. The second kappa shape index (κ2) is 7.75. The summed E-state index contributed by atoms with van der Waals surface area (Å²) < 4.78 is 5.68. The monoisotopic (exact) mass is 333 g/mol. The molecular weight excluding hydrogens is 310 g/mol. The molecule has 0 radical (unpaired) electrons. The van der Waals surface area contributed by atoms with Gasteiger partial charge in [-0.1, -0.05) is 42.5 Å². The van der Waals surface area contributed by atoms with Crippen molar-refractivity contribution in [1.82, 2.24) is 0 Å². The number of phenols is 1. The third kappa shape index (κ3) is 4.54. The number of hydrogen-bond donors (Lipinski definition) is 2. The molecule has 0 unspecified atom stereocenters. The van der Waals surface area contributed by atoms with E-state index in [9.17, 15) is 5.11 Å². The first-order valence-electron chi connectivity index (χ1n) is 8.50. The maximum absolute atomic E-state index is 9.81. The summed E-state index contributed by atoms with van der Waals surface area (Å²) >= 11 is 0. The second-order valence-corrected chi connectivity index (χ2v) is 6.25. The molecule has 0 aliphatic rings. The molecule has 0 amide bonds. The van der Waals surface area contributed by atoms with Gasteiger partial charge in [0.25, 0.3) is 0 Å². The van der Waals surface area contributed by atoms with E-state index in [0.29, 0.717) is 12.3 Å². The average molecular weight is 333 g/mol. The van der Waals surface area contributed by atoms with Gasteiger partial charge in [-0.15, -0.1) is 0 Å². The molecule has 128 valence electrons. The highest BCUT2D eigenvalue weighted by Gasteiger charge is 2.02. The van der Waals surface area contributed by atoms with Crippen LogP contribution in [0.25, 0.3) is 11.1 Å². The van der Waals surface area contributed by atoms with Gasteiger partial charge < -0.3 is 15.2 Å². The van der Waals surface area contributed by atoms with Crippen LogP contribution >= 0.6 is 0 Å². The van der Waals surface area contributed by atoms with Gasteiger partial charge in [0, 0.05) is 17.8 Å². The molecule has 0 heterocycles. The summed E-state index contributed by atoms with van der Waals surface area (Å²) in [6.07, 6.45) is 0.181. The minimum atomic E-state index is 0.181. The van der Waals surface area contributed by atoms with Gasteiger partial charge in [-0.05, 0) is 55.3 Å². The van der Waals surface area contributed by atoms with Crippen LogP contribution in [0.15, 0.2) is 72.8 Å². The van der Waals surface area contributed by atoms with Crippen LogP contribution in [0.1, 0.15) is 19.4 Å². The third-order valence-electron chi connectivity index (χ3n) is 3.92. The second-order valence-electron chi connectivity index (χ2n) is 6.25. The summed E-state index contributed by atoms with van der Waals surface area (Å²) in [5.41, 5.74) is 4.21. The molecule has 25 heavy (non-hydrogen) atoms. The van der Waals surface area contributed by atoms with Crippen LogP contribution in [-0.2, 0) is 6.54 Å². The predicted molar refractivity (Wildman–Crippen MR) is 103 cm³/mol. The molecule has 0 fully saturated rings. The number of ether oxygens (including phenoxy) is 1. The Morgan fingerprint density at radius 1 is 0.840 bits per heavy atom. The fraction of sp³-hybridized carbons (Fsp3) is 0.182. The lowest BCUT2D eigenvalue weighted by atomic mass is 10.1. The number of benzene rings is 3. The standard InChI is InChI=1S/C22H23NO2/c1-16(2)25-21-13-9-18(10-14-21)17-7-11-20(12-8-17)23-15-19-5-3-4-6-22(19)24/h3-14,16,23-24H,15H2,1-2H3. The highest BCUT2D eigenvalue weighted by Crippen LogP contribution is 2.25. The molecule has 0 spiro atoms. The van der Waals surface area contributed by atoms with Gasteiger partial charge in [0.15, 0.2) is 0 Å². The molecule has 3 nitrogen and oxygen atoms in total. The van der Waals surface area contributed by atoms with E-state index in [0.717, 1.165) is 28.1 Å². The molecule has 3 heteroatoms. The average Bonchev–Trinajstić information content (AvgIpc) is 2.62. The Hall–Kier alpha value is -2.94. The Morgan fingerprint density at radius 3 is 2.04 bits per heavy atom. The number of phenolic OH excluding ortho intramolecular Hbond substituents is 1. The molecular formula is C22H23NO2. The first-order valence-corrected chi connectivity index (χ1v) is 8.50. The smallest absolute Gasteiger partial charge is 0.120 e. The van der Waals surface area contributed by atoms with Crippen molar-refractivity contribution >= 4 is 5.69 Å². The number of hydrogen-bond acceptors (Lipinski definition) is 3. The molecule has 0 saturated heterocycles. The van der Waals surface area contributed by atoms with E-state index >= 15 is 0 Å².